The summed E-state index contributed by atoms with van der Waals surface area (Å²) in [5, 5.41) is 22.8. The van der Waals surface area contributed by atoms with Crippen LogP contribution in [0, 0.1) is 24.6 Å². The zero-order valence-electron chi connectivity index (χ0n) is 18.8. The largest absolute Gasteiger partial charge is 0.481 e. The van der Waals surface area contributed by atoms with Crippen molar-refractivity contribution in [3.8, 4) is 5.69 Å². The highest BCUT2D eigenvalue weighted by Gasteiger charge is 2.74. The van der Waals surface area contributed by atoms with Gasteiger partial charge in [-0.3, -0.25) is 4.79 Å². The van der Waals surface area contributed by atoms with Crippen molar-refractivity contribution in [3.05, 3.63) is 65.7 Å². The molecule has 1 aliphatic carbocycles. The number of hydrogen-bond acceptors (Lipinski definition) is 6. The second kappa shape index (κ2) is 7.18. The van der Waals surface area contributed by atoms with Crippen molar-refractivity contribution < 1.29 is 22.7 Å². The van der Waals surface area contributed by atoms with Gasteiger partial charge in [0.1, 0.15) is 5.82 Å². The zero-order valence-corrected chi connectivity index (χ0v) is 19.6. The van der Waals surface area contributed by atoms with E-state index >= 15 is 0 Å². The van der Waals surface area contributed by atoms with Crippen LogP contribution in [0.1, 0.15) is 11.1 Å². The molecule has 1 aliphatic heterocycles. The molecule has 6 rings (SSSR count). The fourth-order valence-corrected chi connectivity index (χ4v) is 7.06. The van der Waals surface area contributed by atoms with E-state index in [9.17, 15) is 22.7 Å². The number of aromatic nitrogens is 5. The first kappa shape index (κ1) is 21.9. The highest BCUT2D eigenvalue weighted by molar-refractivity contribution is 7.89. The molecular weight excluding hydrogens is 475 g/mol. The molecule has 2 aromatic heterocycles. The van der Waals surface area contributed by atoms with Crippen LogP contribution in [0.5, 0.6) is 0 Å². The lowest BCUT2D eigenvalue weighted by Gasteiger charge is -2.23. The molecule has 4 aromatic rings. The summed E-state index contributed by atoms with van der Waals surface area (Å²) in [6.07, 6.45) is 2.87. The Bertz CT molecular complexity index is 1610. The Balaban J connectivity index is 1.42. The first-order chi connectivity index (χ1) is 16.6. The third-order valence-corrected chi connectivity index (χ3v) is 8.96. The van der Waals surface area contributed by atoms with Gasteiger partial charge in [0.05, 0.1) is 29.5 Å². The predicted molar refractivity (Wildman–Crippen MR) is 122 cm³/mol. The van der Waals surface area contributed by atoms with Crippen molar-refractivity contribution in [2.45, 2.75) is 17.4 Å². The molecule has 0 radical (unpaired) electrons. The summed E-state index contributed by atoms with van der Waals surface area (Å²) < 4.78 is 42.7. The van der Waals surface area contributed by atoms with Crippen LogP contribution < -0.4 is 0 Å². The van der Waals surface area contributed by atoms with E-state index in [1.807, 2.05) is 19.1 Å². The maximum absolute atomic E-state index is 13.4. The van der Waals surface area contributed by atoms with Gasteiger partial charge < -0.3 is 5.11 Å². The quantitative estimate of drug-likeness (QED) is 0.447. The molecule has 180 valence electrons. The van der Waals surface area contributed by atoms with E-state index in [1.54, 1.807) is 23.0 Å². The van der Waals surface area contributed by atoms with Gasteiger partial charge >= 0.3 is 5.97 Å². The minimum absolute atomic E-state index is 0.0476. The maximum atomic E-state index is 13.4. The average molecular weight is 497 g/mol. The van der Waals surface area contributed by atoms with Gasteiger partial charge in [-0.05, 0) is 60.4 Å². The fourth-order valence-electron chi connectivity index (χ4n) is 5.65. The van der Waals surface area contributed by atoms with E-state index in [4.69, 9.17) is 0 Å². The number of hydrogen-bond donors (Lipinski definition) is 1. The van der Waals surface area contributed by atoms with Crippen LogP contribution >= 0.6 is 0 Å². The number of carbonyl (C=O) groups is 1. The topological polar surface area (TPSA) is 123 Å². The van der Waals surface area contributed by atoms with Gasteiger partial charge in [0.2, 0.25) is 5.03 Å². The molecule has 1 unspecified atom stereocenters. The summed E-state index contributed by atoms with van der Waals surface area (Å²) in [5.41, 5.74) is 2.30. The molecule has 2 fully saturated rings. The van der Waals surface area contributed by atoms with Crippen LogP contribution in [0.15, 0.2) is 53.8 Å². The lowest BCUT2D eigenvalue weighted by atomic mass is 9.88. The molecule has 1 saturated carbocycles. The smallest absolute Gasteiger partial charge is 0.307 e. The minimum Gasteiger partial charge on any atom is -0.481 e. The second-order valence-electron chi connectivity index (χ2n) is 9.19. The lowest BCUT2D eigenvalue weighted by Crippen LogP contribution is -2.36. The molecule has 2 aromatic carbocycles. The van der Waals surface area contributed by atoms with Gasteiger partial charge in [-0.15, -0.1) is 5.10 Å². The average Bonchev–Trinajstić information content (AvgIpc) is 3.23. The first-order valence-electron chi connectivity index (χ1n) is 11.0. The number of nitrogens with zero attached hydrogens (tertiary/aromatic N) is 6. The maximum Gasteiger partial charge on any atom is 0.307 e. The van der Waals surface area contributed by atoms with E-state index in [2.05, 4.69) is 15.3 Å². The number of carboxylic acid groups (broad SMARTS) is 1. The van der Waals surface area contributed by atoms with Gasteiger partial charge in [0.25, 0.3) is 10.0 Å². The van der Waals surface area contributed by atoms with Crippen LogP contribution in [-0.2, 0) is 27.3 Å². The van der Waals surface area contributed by atoms with E-state index in [1.165, 1.54) is 34.5 Å². The van der Waals surface area contributed by atoms with Crippen LogP contribution in [0.2, 0.25) is 0 Å². The molecule has 2 aliphatic rings. The van der Waals surface area contributed by atoms with Crippen LogP contribution in [-0.4, -0.2) is 61.7 Å². The molecule has 1 N–H and O–H groups in total. The Morgan fingerprint density at radius 3 is 2.57 bits per heavy atom. The van der Waals surface area contributed by atoms with E-state index in [0.717, 1.165) is 22.0 Å². The van der Waals surface area contributed by atoms with E-state index in [0.29, 0.717) is 5.69 Å². The first-order valence-corrected chi connectivity index (χ1v) is 12.4. The molecule has 3 heterocycles. The van der Waals surface area contributed by atoms with Crippen molar-refractivity contribution in [1.29, 1.82) is 0 Å². The third-order valence-electron chi connectivity index (χ3n) is 7.28. The third kappa shape index (κ3) is 3.06. The Morgan fingerprint density at radius 2 is 1.91 bits per heavy atom. The summed E-state index contributed by atoms with van der Waals surface area (Å²) in [4.78, 5) is 13.3. The monoisotopic (exact) mass is 496 g/mol. The molecule has 10 nitrogen and oxygen atoms in total. The lowest BCUT2D eigenvalue weighted by molar-refractivity contribution is -0.139. The highest BCUT2D eigenvalue weighted by Crippen LogP contribution is 2.65. The van der Waals surface area contributed by atoms with Crippen LogP contribution in [0.25, 0.3) is 16.6 Å². The number of sulfonamides is 1. The number of benzene rings is 2. The summed E-state index contributed by atoms with van der Waals surface area (Å²) in [7, 11) is -2.37. The highest BCUT2D eigenvalue weighted by atomic mass is 32.2. The molecule has 3 atom stereocenters. The summed E-state index contributed by atoms with van der Waals surface area (Å²) in [5.74, 6) is -2.31. The molecule has 1 saturated heterocycles. The number of aryl methyl sites for hydroxylation is 2. The Hall–Kier alpha value is -3.64. The molecule has 35 heavy (non-hydrogen) atoms. The molecule has 0 amide bonds. The van der Waals surface area contributed by atoms with Crippen LogP contribution in [0.4, 0.5) is 4.39 Å². The van der Waals surface area contributed by atoms with Gasteiger partial charge in [-0.1, -0.05) is 0 Å². The summed E-state index contributed by atoms with van der Waals surface area (Å²) in [6, 6.07) is 9.82. The molecule has 0 spiro atoms. The van der Waals surface area contributed by atoms with Crippen molar-refractivity contribution in [2.24, 2.45) is 18.9 Å². The van der Waals surface area contributed by atoms with Crippen molar-refractivity contribution in [3.63, 3.8) is 0 Å². The predicted octanol–water partition coefficient (Wildman–Crippen LogP) is 1.87. The van der Waals surface area contributed by atoms with Gasteiger partial charge in [-0.25, -0.2) is 17.5 Å². The van der Waals surface area contributed by atoms with Crippen molar-refractivity contribution >= 4 is 26.9 Å². The second-order valence-corrected chi connectivity index (χ2v) is 11.1. The number of carboxylic acids is 1. The normalized spacial score (nSPS) is 24.1. The summed E-state index contributed by atoms with van der Waals surface area (Å²) >= 11 is 0. The van der Waals surface area contributed by atoms with E-state index in [-0.39, 0.29) is 29.9 Å². The minimum atomic E-state index is -3.91. The Labute approximate surface area is 199 Å². The summed E-state index contributed by atoms with van der Waals surface area (Å²) in [6.45, 7) is 2.04. The molecular formula is C23H21FN6O4S. The Morgan fingerprint density at radius 1 is 1.17 bits per heavy atom. The SMILES string of the molecule is Cc1cc2c(cnn2-c2ccc(F)cc2)cc1[C@@]12CN(S(=O)(=O)c3cnn(C)n3)C[C@@H]1C2C(=O)O. The van der Waals surface area contributed by atoms with Crippen molar-refractivity contribution in [1.82, 2.24) is 29.1 Å². The standard InChI is InChI=1S/C23H21FN6O4S/c1-13-7-19-14(9-26-30(19)16-5-3-15(24)4-6-16)8-17(13)23-12-29(11-18(23)21(23)22(31)32)35(33,34)20-10-25-28(2)27-20/h3-10,18,21H,11-12H2,1-2H3,(H,31,32)/t18-,21?,23+/m1/s1. The van der Waals surface area contributed by atoms with Crippen molar-refractivity contribution in [2.75, 3.05) is 13.1 Å². The fraction of sp³-hybridized carbons (Fsp3) is 0.304. The Kier molecular flexibility index (Phi) is 4.49. The molecule has 0 bridgehead atoms. The number of piperidine rings is 1. The number of fused-ring (bicyclic) bond motifs is 2. The zero-order chi connectivity index (χ0) is 24.7. The van der Waals surface area contributed by atoms with Gasteiger partial charge in [0, 0.05) is 30.9 Å². The van der Waals surface area contributed by atoms with Gasteiger partial charge in [-0.2, -0.15) is 19.3 Å². The number of rotatable bonds is 5. The van der Waals surface area contributed by atoms with E-state index < -0.39 is 27.3 Å². The van der Waals surface area contributed by atoms with Crippen LogP contribution in [0.3, 0.4) is 0 Å². The number of halogens is 1. The number of aliphatic carboxylic acids is 1. The molecule has 12 heteroatoms. The van der Waals surface area contributed by atoms with Gasteiger partial charge in [0.15, 0.2) is 0 Å².